The van der Waals surface area contributed by atoms with Gasteiger partial charge >= 0.3 is 78.0 Å². The van der Waals surface area contributed by atoms with Crippen LogP contribution in [0.15, 0.2) is 0 Å². The van der Waals surface area contributed by atoms with E-state index in [1.165, 1.54) is 50.3 Å². The topological polar surface area (TPSA) is 0 Å². The van der Waals surface area contributed by atoms with Crippen LogP contribution in [-0.4, -0.2) is 0 Å². The molecule has 0 saturated heterocycles. The first-order valence-electron chi connectivity index (χ1n) is 4.72. The molecule has 0 unspecified atom stereocenters. The fraction of sp³-hybridized carbons (Fsp3) is 1.00. The summed E-state index contributed by atoms with van der Waals surface area (Å²) in [5.41, 5.74) is 0. The molecule has 0 atom stereocenters. The second-order valence-electron chi connectivity index (χ2n) is 2.99. The molecule has 0 aromatic heterocycles. The zero-order valence-corrected chi connectivity index (χ0v) is 8.90. The van der Waals surface area contributed by atoms with Crippen LogP contribution in [0.5, 0.6) is 0 Å². The Labute approximate surface area is 78.3 Å². The molecule has 0 bridgehead atoms. The van der Waals surface area contributed by atoms with E-state index in [-0.39, 0.29) is 0 Å². The monoisotopic (exact) mass is 205 g/mol. The summed E-state index contributed by atoms with van der Waals surface area (Å²) >= 11 is 2.04. The first-order chi connectivity index (χ1) is 5.41. The Kier molecular flexibility index (Phi) is 11.0. The van der Waals surface area contributed by atoms with Crippen molar-refractivity contribution in [3.63, 3.8) is 0 Å². The summed E-state index contributed by atoms with van der Waals surface area (Å²) in [5.74, 6) is 2.18. The molecule has 0 aromatic carbocycles. The van der Waals surface area contributed by atoms with Gasteiger partial charge in [0.2, 0.25) is 0 Å². The third kappa shape index (κ3) is 10.5. The second kappa shape index (κ2) is 10.5. The summed E-state index contributed by atoms with van der Waals surface area (Å²) in [5, 5.41) is 1.34. The van der Waals surface area contributed by atoms with E-state index in [2.05, 4.69) is 12.7 Å². The van der Waals surface area contributed by atoms with E-state index >= 15 is 0 Å². The van der Waals surface area contributed by atoms with Gasteiger partial charge < -0.3 is 0 Å². The summed E-state index contributed by atoms with van der Waals surface area (Å²) < 4.78 is 0. The Morgan fingerprint density at radius 2 is 1.36 bits per heavy atom. The fourth-order valence-corrected chi connectivity index (χ4v) is 1.71. The zero-order chi connectivity index (χ0) is 8.36. The molecule has 73 valence electrons. The van der Waals surface area contributed by atoms with Gasteiger partial charge in [-0.15, -0.1) is 0 Å². The van der Waals surface area contributed by atoms with Gasteiger partial charge in [0.25, 0.3) is 0 Å². The number of hydrogen-bond donors (Lipinski definition) is 0. The molecule has 0 aromatic rings. The van der Waals surface area contributed by atoms with Crippen molar-refractivity contribution < 1.29 is 15.0 Å². The van der Waals surface area contributed by atoms with Gasteiger partial charge in [-0.05, 0) is 0 Å². The molecule has 0 aliphatic heterocycles. The molecule has 0 radical (unpaired) electrons. The van der Waals surface area contributed by atoms with Crippen molar-refractivity contribution in [1.29, 1.82) is 0 Å². The van der Waals surface area contributed by atoms with Crippen LogP contribution in [0.4, 0.5) is 0 Å². The van der Waals surface area contributed by atoms with Gasteiger partial charge in [0.05, 0.1) is 0 Å². The van der Waals surface area contributed by atoms with Crippen LogP contribution in [0.2, 0.25) is 11.1 Å². The van der Waals surface area contributed by atoms with Crippen LogP contribution in [-0.2, 0) is 15.0 Å². The Bertz CT molecular complexity index is 53.9. The first kappa shape index (κ1) is 11.5. The molecule has 0 saturated carbocycles. The second-order valence-corrected chi connectivity index (χ2v) is 4.12. The molecule has 0 rings (SSSR count). The Morgan fingerprint density at radius 3 is 1.91 bits per heavy atom. The van der Waals surface area contributed by atoms with E-state index in [0.717, 1.165) is 0 Å². The molecule has 0 heterocycles. The van der Waals surface area contributed by atoms with Crippen LogP contribution in [0.25, 0.3) is 0 Å². The van der Waals surface area contributed by atoms with Gasteiger partial charge in [-0.3, -0.25) is 0 Å². The van der Waals surface area contributed by atoms with E-state index < -0.39 is 0 Å². The number of hydrogen-bond acceptors (Lipinski definition) is 0. The van der Waals surface area contributed by atoms with E-state index in [1.54, 1.807) is 0 Å². The van der Waals surface area contributed by atoms with E-state index in [9.17, 15) is 0 Å². The predicted molar refractivity (Wildman–Crippen MR) is 48.7 cm³/mol. The van der Waals surface area contributed by atoms with Crippen LogP contribution in [0.1, 0.15) is 51.9 Å². The summed E-state index contributed by atoms with van der Waals surface area (Å²) in [6, 6.07) is 0. The molecule has 0 aliphatic carbocycles. The van der Waals surface area contributed by atoms with Gasteiger partial charge in [0, 0.05) is 0 Å². The minimum atomic E-state index is 1.34. The Morgan fingerprint density at radius 1 is 0.818 bits per heavy atom. The molecule has 0 nitrogen and oxygen atoms in total. The standard InChI is InChI=1S/C9H19.CH3.Cu/c1-3-5-7-9-8-6-4-2;;/h1,3-9H2,2H3;1H3;. The van der Waals surface area contributed by atoms with Gasteiger partial charge in [-0.25, -0.2) is 0 Å². The summed E-state index contributed by atoms with van der Waals surface area (Å²) in [4.78, 5) is 0. The van der Waals surface area contributed by atoms with Gasteiger partial charge in [0.1, 0.15) is 0 Å². The Balaban J connectivity index is 2.69. The van der Waals surface area contributed by atoms with Crippen molar-refractivity contribution >= 4 is 0 Å². The Hall–Kier alpha value is 0.519. The molecule has 0 N–H and O–H groups in total. The van der Waals surface area contributed by atoms with Crippen molar-refractivity contribution in [1.82, 2.24) is 0 Å². The van der Waals surface area contributed by atoms with E-state index in [0.29, 0.717) is 0 Å². The summed E-state index contributed by atoms with van der Waals surface area (Å²) in [6.45, 7) is 2.27. The van der Waals surface area contributed by atoms with Crippen LogP contribution in [0.3, 0.4) is 0 Å². The quantitative estimate of drug-likeness (QED) is 0.410. The summed E-state index contributed by atoms with van der Waals surface area (Å²) in [7, 11) is 0. The van der Waals surface area contributed by atoms with Crippen LogP contribution in [0, 0.1) is 0 Å². The molecule has 0 amide bonds. The molecule has 0 spiro atoms. The third-order valence-corrected chi connectivity index (χ3v) is 2.66. The van der Waals surface area contributed by atoms with Crippen molar-refractivity contribution in [3.05, 3.63) is 0 Å². The molecule has 11 heavy (non-hydrogen) atoms. The zero-order valence-electron chi connectivity index (χ0n) is 7.96. The molecule has 1 heteroatoms. The van der Waals surface area contributed by atoms with E-state index in [1.807, 2.05) is 15.0 Å². The van der Waals surface area contributed by atoms with Crippen molar-refractivity contribution in [2.24, 2.45) is 0 Å². The maximum atomic E-state index is 2.27. The van der Waals surface area contributed by atoms with Gasteiger partial charge in [-0.1, -0.05) is 0 Å². The van der Waals surface area contributed by atoms with Crippen molar-refractivity contribution in [2.45, 2.75) is 63.0 Å². The summed E-state index contributed by atoms with van der Waals surface area (Å²) in [6.07, 6.45) is 10.0. The molecular formula is C10H22Cu. The van der Waals surface area contributed by atoms with Gasteiger partial charge in [-0.2, -0.15) is 0 Å². The molecule has 0 fully saturated rings. The van der Waals surface area contributed by atoms with Crippen molar-refractivity contribution in [3.8, 4) is 0 Å². The average Bonchev–Trinajstić information content (AvgIpc) is 2.03. The maximum absolute atomic E-state index is 2.27. The average molecular weight is 206 g/mol. The first-order valence-corrected chi connectivity index (χ1v) is 6.33. The minimum absolute atomic E-state index is 1.34. The predicted octanol–water partition coefficient (Wildman–Crippen LogP) is 4.29. The SMILES string of the molecule is CCCCCCCC[CH2][Cu][CH3]. The molecule has 0 aliphatic rings. The fourth-order valence-electron chi connectivity index (χ4n) is 1.14. The normalized spacial score (nSPS) is 10.7. The van der Waals surface area contributed by atoms with Crippen molar-refractivity contribution in [2.75, 3.05) is 0 Å². The molecular weight excluding hydrogens is 184 g/mol. The number of unbranched alkanes of at least 4 members (excludes halogenated alkanes) is 6. The number of rotatable bonds is 8. The third-order valence-electron chi connectivity index (χ3n) is 1.86. The van der Waals surface area contributed by atoms with E-state index in [4.69, 9.17) is 0 Å². The van der Waals surface area contributed by atoms with Crippen LogP contribution >= 0.6 is 0 Å². The van der Waals surface area contributed by atoms with Crippen LogP contribution < -0.4 is 0 Å². The van der Waals surface area contributed by atoms with Gasteiger partial charge in [0.15, 0.2) is 0 Å².